The summed E-state index contributed by atoms with van der Waals surface area (Å²) in [6.45, 7) is 10.1. The van der Waals surface area contributed by atoms with Crippen LogP contribution in [0.3, 0.4) is 0 Å². The van der Waals surface area contributed by atoms with E-state index in [1.165, 1.54) is 11.3 Å². The molecule has 1 unspecified atom stereocenters. The minimum atomic E-state index is 0.352. The molecule has 1 atom stereocenters. The second kappa shape index (κ2) is 8.56. The van der Waals surface area contributed by atoms with Crippen molar-refractivity contribution in [1.82, 2.24) is 5.32 Å². The van der Waals surface area contributed by atoms with Gasteiger partial charge in [-0.05, 0) is 38.1 Å². The maximum Gasteiger partial charge on any atom is 0.0637 e. The van der Waals surface area contributed by atoms with Crippen LogP contribution >= 0.6 is 15.9 Å². The zero-order valence-electron chi connectivity index (χ0n) is 12.4. The van der Waals surface area contributed by atoms with Crippen molar-refractivity contribution in [2.45, 2.75) is 26.8 Å². The van der Waals surface area contributed by atoms with Crippen molar-refractivity contribution in [3.63, 3.8) is 0 Å². The Morgan fingerprint density at radius 3 is 2.68 bits per heavy atom. The van der Waals surface area contributed by atoms with Gasteiger partial charge < -0.3 is 15.0 Å². The third-order valence-electron chi connectivity index (χ3n) is 3.26. The van der Waals surface area contributed by atoms with Crippen LogP contribution < -0.4 is 10.2 Å². The van der Waals surface area contributed by atoms with Gasteiger partial charge in [-0.15, -0.1) is 0 Å². The summed E-state index contributed by atoms with van der Waals surface area (Å²) >= 11 is 3.57. The number of hydrogen-bond donors (Lipinski definition) is 1. The van der Waals surface area contributed by atoms with Crippen molar-refractivity contribution in [2.24, 2.45) is 0 Å². The summed E-state index contributed by atoms with van der Waals surface area (Å²) in [5.74, 6) is 0. The maximum absolute atomic E-state index is 5.20. The number of hydrogen-bond acceptors (Lipinski definition) is 3. The standard InChI is InChI=1S/C15H25BrN2O/c1-5-17-12(3)14-8-7-13(16)11-15(14)18(6-2)9-10-19-4/h7-8,11-12,17H,5-6,9-10H2,1-4H3. The quantitative estimate of drug-likeness (QED) is 0.789. The highest BCUT2D eigenvalue weighted by molar-refractivity contribution is 9.10. The minimum Gasteiger partial charge on any atom is -0.383 e. The van der Waals surface area contributed by atoms with Gasteiger partial charge in [-0.2, -0.15) is 0 Å². The molecule has 0 spiro atoms. The number of halogens is 1. The van der Waals surface area contributed by atoms with E-state index in [4.69, 9.17) is 4.74 Å². The number of rotatable bonds is 8. The topological polar surface area (TPSA) is 24.5 Å². The zero-order valence-corrected chi connectivity index (χ0v) is 14.0. The maximum atomic E-state index is 5.20. The van der Waals surface area contributed by atoms with E-state index < -0.39 is 0 Å². The van der Waals surface area contributed by atoms with Crippen LogP contribution in [0.25, 0.3) is 0 Å². The van der Waals surface area contributed by atoms with Crippen LogP contribution in [0.4, 0.5) is 5.69 Å². The molecule has 1 aromatic carbocycles. The first-order valence-electron chi connectivity index (χ1n) is 6.90. The third kappa shape index (κ3) is 4.79. The predicted octanol–water partition coefficient (Wildman–Crippen LogP) is 3.59. The van der Waals surface area contributed by atoms with Crippen LogP contribution in [0.2, 0.25) is 0 Å². The largest absolute Gasteiger partial charge is 0.383 e. The van der Waals surface area contributed by atoms with E-state index >= 15 is 0 Å². The molecule has 0 aliphatic carbocycles. The Balaban J connectivity index is 3.03. The molecular formula is C15H25BrN2O. The van der Waals surface area contributed by atoms with Crippen LogP contribution in [0.1, 0.15) is 32.4 Å². The molecule has 0 fully saturated rings. The normalized spacial score (nSPS) is 12.5. The zero-order chi connectivity index (χ0) is 14.3. The second-order valence-electron chi connectivity index (χ2n) is 4.55. The van der Waals surface area contributed by atoms with Crippen molar-refractivity contribution in [3.05, 3.63) is 28.2 Å². The van der Waals surface area contributed by atoms with Crippen molar-refractivity contribution >= 4 is 21.6 Å². The SMILES string of the molecule is CCNC(C)c1ccc(Br)cc1N(CC)CCOC. The summed E-state index contributed by atoms with van der Waals surface area (Å²) in [5.41, 5.74) is 2.62. The van der Waals surface area contributed by atoms with Gasteiger partial charge in [0.15, 0.2) is 0 Å². The molecule has 0 aliphatic rings. The molecule has 4 heteroatoms. The summed E-state index contributed by atoms with van der Waals surface area (Å²) in [4.78, 5) is 2.36. The first kappa shape index (κ1) is 16.5. The molecule has 0 amide bonds. The summed E-state index contributed by atoms with van der Waals surface area (Å²) in [5, 5.41) is 3.48. The summed E-state index contributed by atoms with van der Waals surface area (Å²) in [7, 11) is 1.75. The van der Waals surface area contributed by atoms with Gasteiger partial charge in [-0.3, -0.25) is 0 Å². The number of anilines is 1. The molecule has 1 aromatic rings. The van der Waals surface area contributed by atoms with Crippen LogP contribution in [0.5, 0.6) is 0 Å². The molecule has 0 saturated carbocycles. The van der Waals surface area contributed by atoms with Crippen molar-refractivity contribution in [1.29, 1.82) is 0 Å². The molecule has 0 bridgehead atoms. The molecule has 108 valence electrons. The first-order chi connectivity index (χ1) is 9.13. The Morgan fingerprint density at radius 2 is 2.11 bits per heavy atom. The van der Waals surface area contributed by atoms with Gasteiger partial charge in [0.1, 0.15) is 0 Å². The molecule has 0 aliphatic heterocycles. The monoisotopic (exact) mass is 328 g/mol. The molecular weight excluding hydrogens is 304 g/mol. The Hall–Kier alpha value is -0.580. The number of benzene rings is 1. The van der Waals surface area contributed by atoms with Crippen molar-refractivity contribution in [2.75, 3.05) is 38.3 Å². The number of ether oxygens (including phenoxy) is 1. The van der Waals surface area contributed by atoms with Crippen molar-refractivity contribution in [3.8, 4) is 0 Å². The number of nitrogens with one attached hydrogen (secondary N) is 1. The Morgan fingerprint density at radius 1 is 1.37 bits per heavy atom. The fourth-order valence-corrected chi connectivity index (χ4v) is 2.57. The van der Waals surface area contributed by atoms with Crippen LogP contribution in [-0.2, 0) is 4.74 Å². The molecule has 1 N–H and O–H groups in total. The number of methoxy groups -OCH3 is 1. The summed E-state index contributed by atoms with van der Waals surface area (Å²) in [6.07, 6.45) is 0. The Kier molecular flexibility index (Phi) is 7.42. The third-order valence-corrected chi connectivity index (χ3v) is 3.75. The lowest BCUT2D eigenvalue weighted by Crippen LogP contribution is -2.29. The molecule has 19 heavy (non-hydrogen) atoms. The van der Waals surface area contributed by atoms with Gasteiger partial charge >= 0.3 is 0 Å². The van der Waals surface area contributed by atoms with Gasteiger partial charge in [0, 0.05) is 36.4 Å². The highest BCUT2D eigenvalue weighted by atomic mass is 79.9. The molecule has 3 nitrogen and oxygen atoms in total. The average molecular weight is 329 g/mol. The summed E-state index contributed by atoms with van der Waals surface area (Å²) < 4.78 is 6.32. The van der Waals surface area contributed by atoms with E-state index in [1.54, 1.807) is 7.11 Å². The second-order valence-corrected chi connectivity index (χ2v) is 5.47. The number of likely N-dealkylation sites (N-methyl/N-ethyl adjacent to an activating group) is 1. The molecule has 0 aromatic heterocycles. The number of nitrogens with zero attached hydrogens (tertiary/aromatic N) is 1. The lowest BCUT2D eigenvalue weighted by atomic mass is 10.0. The fraction of sp³-hybridized carbons (Fsp3) is 0.600. The van der Waals surface area contributed by atoms with E-state index in [0.717, 1.165) is 30.7 Å². The molecule has 0 heterocycles. The van der Waals surface area contributed by atoms with E-state index in [1.807, 2.05) is 0 Å². The van der Waals surface area contributed by atoms with E-state index in [-0.39, 0.29) is 0 Å². The van der Waals surface area contributed by atoms with Crippen LogP contribution in [0.15, 0.2) is 22.7 Å². The van der Waals surface area contributed by atoms with E-state index in [9.17, 15) is 0 Å². The minimum absolute atomic E-state index is 0.352. The molecule has 0 saturated heterocycles. The van der Waals surface area contributed by atoms with Gasteiger partial charge in [-0.25, -0.2) is 0 Å². The van der Waals surface area contributed by atoms with Gasteiger partial charge in [-0.1, -0.05) is 28.9 Å². The van der Waals surface area contributed by atoms with Crippen molar-refractivity contribution < 1.29 is 4.74 Å². The fourth-order valence-electron chi connectivity index (χ4n) is 2.22. The van der Waals surface area contributed by atoms with E-state index in [0.29, 0.717) is 6.04 Å². The highest BCUT2D eigenvalue weighted by Crippen LogP contribution is 2.29. The lowest BCUT2D eigenvalue weighted by Gasteiger charge is -2.28. The van der Waals surface area contributed by atoms with Gasteiger partial charge in [0.05, 0.1) is 6.61 Å². The van der Waals surface area contributed by atoms with E-state index in [2.05, 4.69) is 65.1 Å². The molecule has 1 rings (SSSR count). The Bertz CT molecular complexity index is 384. The van der Waals surface area contributed by atoms with Gasteiger partial charge in [0.25, 0.3) is 0 Å². The van der Waals surface area contributed by atoms with Crippen LogP contribution in [-0.4, -0.2) is 33.4 Å². The highest BCUT2D eigenvalue weighted by Gasteiger charge is 2.14. The first-order valence-corrected chi connectivity index (χ1v) is 7.70. The summed E-state index contributed by atoms with van der Waals surface area (Å²) in [6, 6.07) is 6.85. The van der Waals surface area contributed by atoms with Crippen LogP contribution in [0, 0.1) is 0 Å². The lowest BCUT2D eigenvalue weighted by molar-refractivity contribution is 0.205. The molecule has 0 radical (unpaired) electrons. The smallest absolute Gasteiger partial charge is 0.0637 e. The predicted molar refractivity (Wildman–Crippen MR) is 86.0 cm³/mol. The van der Waals surface area contributed by atoms with Gasteiger partial charge in [0.2, 0.25) is 0 Å². The average Bonchev–Trinajstić information content (AvgIpc) is 2.40. The Labute approximate surface area is 125 Å².